The van der Waals surface area contributed by atoms with Crippen LogP contribution in [-0.2, 0) is 4.79 Å². The quantitative estimate of drug-likeness (QED) is 0.622. The molecule has 6 heteroatoms. The Kier molecular flexibility index (Phi) is 5.44. The number of nitrogens with one attached hydrogen (secondary N) is 1. The molecule has 1 fully saturated rings. The van der Waals surface area contributed by atoms with E-state index < -0.39 is 0 Å². The first-order chi connectivity index (χ1) is 10.2. The number of halogens is 1. The zero-order valence-electron chi connectivity index (χ0n) is 12.2. The molecule has 2 rings (SSSR count). The lowest BCUT2D eigenvalue weighted by Gasteiger charge is -2.12. The molecule has 114 valence electrons. The minimum absolute atomic E-state index is 0.0350. The summed E-state index contributed by atoms with van der Waals surface area (Å²) in [7, 11) is 1.56. The van der Waals surface area contributed by atoms with Crippen LogP contribution in [0, 0.1) is 5.92 Å². The van der Waals surface area contributed by atoms with Gasteiger partial charge in [-0.15, -0.1) is 0 Å². The second kappa shape index (κ2) is 7.31. The SMILES string of the molecule is CCCOc1c(Cl)cc(/C=N\NC(=O)C2CC2)cc1OC. The van der Waals surface area contributed by atoms with Gasteiger partial charge >= 0.3 is 0 Å². The Labute approximate surface area is 129 Å². The summed E-state index contributed by atoms with van der Waals surface area (Å²) in [5.41, 5.74) is 3.25. The van der Waals surface area contributed by atoms with Gasteiger partial charge in [-0.05, 0) is 37.0 Å². The molecule has 1 aromatic rings. The molecule has 5 nitrogen and oxygen atoms in total. The van der Waals surface area contributed by atoms with E-state index >= 15 is 0 Å². The minimum Gasteiger partial charge on any atom is -0.493 e. The molecule has 0 unspecified atom stereocenters. The lowest BCUT2D eigenvalue weighted by molar-refractivity contribution is -0.122. The van der Waals surface area contributed by atoms with Crippen molar-refractivity contribution >= 4 is 23.7 Å². The third-order valence-corrected chi connectivity index (χ3v) is 3.32. The van der Waals surface area contributed by atoms with Crippen LogP contribution in [0.25, 0.3) is 0 Å². The van der Waals surface area contributed by atoms with E-state index in [0.29, 0.717) is 23.1 Å². The maximum atomic E-state index is 11.5. The van der Waals surface area contributed by atoms with E-state index in [0.717, 1.165) is 24.8 Å². The molecule has 0 spiro atoms. The van der Waals surface area contributed by atoms with Gasteiger partial charge in [0.05, 0.1) is 25.0 Å². The van der Waals surface area contributed by atoms with Crippen molar-refractivity contribution in [2.45, 2.75) is 26.2 Å². The van der Waals surface area contributed by atoms with Gasteiger partial charge in [0.25, 0.3) is 0 Å². The monoisotopic (exact) mass is 310 g/mol. The highest BCUT2D eigenvalue weighted by atomic mass is 35.5. The molecule has 0 aliphatic heterocycles. The number of amides is 1. The normalized spacial score (nSPS) is 14.2. The van der Waals surface area contributed by atoms with Gasteiger partial charge in [0.2, 0.25) is 5.91 Å². The maximum Gasteiger partial charge on any atom is 0.243 e. The van der Waals surface area contributed by atoms with Crippen LogP contribution in [0.1, 0.15) is 31.7 Å². The van der Waals surface area contributed by atoms with E-state index in [1.807, 2.05) is 6.92 Å². The summed E-state index contributed by atoms with van der Waals surface area (Å²) < 4.78 is 10.9. The third kappa shape index (κ3) is 4.36. The highest BCUT2D eigenvalue weighted by Crippen LogP contribution is 2.36. The summed E-state index contributed by atoms with van der Waals surface area (Å²) in [5.74, 6) is 1.17. The van der Waals surface area contributed by atoms with Crippen molar-refractivity contribution in [2.75, 3.05) is 13.7 Å². The summed E-state index contributed by atoms with van der Waals surface area (Å²) in [6, 6.07) is 3.49. The number of hydrazone groups is 1. The van der Waals surface area contributed by atoms with E-state index in [1.165, 1.54) is 6.21 Å². The first-order valence-electron chi connectivity index (χ1n) is 6.99. The maximum absolute atomic E-state index is 11.5. The number of hydrogen-bond acceptors (Lipinski definition) is 4. The van der Waals surface area contributed by atoms with Crippen molar-refractivity contribution < 1.29 is 14.3 Å². The molecular weight excluding hydrogens is 292 g/mol. The fraction of sp³-hybridized carbons (Fsp3) is 0.467. The summed E-state index contributed by atoms with van der Waals surface area (Å²) in [6.07, 6.45) is 4.32. The molecule has 0 saturated heterocycles. The largest absolute Gasteiger partial charge is 0.493 e. The molecule has 0 atom stereocenters. The minimum atomic E-state index is -0.0350. The lowest BCUT2D eigenvalue weighted by Crippen LogP contribution is -2.18. The molecule has 0 radical (unpaired) electrons. The van der Waals surface area contributed by atoms with Gasteiger partial charge in [0, 0.05) is 5.92 Å². The van der Waals surface area contributed by atoms with E-state index in [2.05, 4.69) is 10.5 Å². The smallest absolute Gasteiger partial charge is 0.243 e. The van der Waals surface area contributed by atoms with Gasteiger partial charge in [-0.25, -0.2) is 5.43 Å². The Balaban J connectivity index is 2.07. The summed E-state index contributed by atoms with van der Waals surface area (Å²) >= 11 is 6.20. The van der Waals surface area contributed by atoms with Crippen molar-refractivity contribution in [3.05, 3.63) is 22.7 Å². The number of benzene rings is 1. The second-order valence-electron chi connectivity index (χ2n) is 4.89. The van der Waals surface area contributed by atoms with Crippen LogP contribution in [0.2, 0.25) is 5.02 Å². The Morgan fingerprint density at radius 2 is 2.29 bits per heavy atom. The molecule has 1 aliphatic rings. The van der Waals surface area contributed by atoms with Crippen LogP contribution >= 0.6 is 11.6 Å². The fourth-order valence-electron chi connectivity index (χ4n) is 1.77. The van der Waals surface area contributed by atoms with Crippen LogP contribution in [0.4, 0.5) is 0 Å². The topological polar surface area (TPSA) is 59.9 Å². The summed E-state index contributed by atoms with van der Waals surface area (Å²) in [6.45, 7) is 2.59. The Morgan fingerprint density at radius 3 is 2.90 bits per heavy atom. The predicted octanol–water partition coefficient (Wildman–Crippen LogP) is 3.00. The fourth-order valence-corrected chi connectivity index (χ4v) is 2.04. The van der Waals surface area contributed by atoms with Crippen LogP contribution in [0.15, 0.2) is 17.2 Å². The Bertz CT molecular complexity index is 542. The predicted molar refractivity (Wildman–Crippen MR) is 82.3 cm³/mol. The molecule has 1 aliphatic carbocycles. The van der Waals surface area contributed by atoms with Gasteiger partial charge in [-0.2, -0.15) is 5.10 Å². The van der Waals surface area contributed by atoms with Crippen molar-refractivity contribution in [2.24, 2.45) is 11.0 Å². The average Bonchev–Trinajstić information content (AvgIpc) is 3.30. The Hall–Kier alpha value is -1.75. The van der Waals surface area contributed by atoms with E-state index in [4.69, 9.17) is 21.1 Å². The van der Waals surface area contributed by atoms with Crippen LogP contribution in [-0.4, -0.2) is 25.8 Å². The van der Waals surface area contributed by atoms with E-state index in [1.54, 1.807) is 19.2 Å². The summed E-state index contributed by atoms with van der Waals surface area (Å²) in [4.78, 5) is 11.5. The Morgan fingerprint density at radius 1 is 1.52 bits per heavy atom. The molecule has 0 aromatic heterocycles. The molecular formula is C15H19ClN2O3. The van der Waals surface area contributed by atoms with Gasteiger partial charge < -0.3 is 9.47 Å². The van der Waals surface area contributed by atoms with Gasteiger partial charge in [0.15, 0.2) is 11.5 Å². The molecule has 1 N–H and O–H groups in total. The standard InChI is InChI=1S/C15H19ClN2O3/c1-3-6-21-14-12(16)7-10(8-13(14)20-2)9-17-18-15(19)11-4-5-11/h7-9,11H,3-6H2,1-2H3,(H,18,19)/b17-9-. The second-order valence-corrected chi connectivity index (χ2v) is 5.30. The lowest BCUT2D eigenvalue weighted by atomic mass is 10.2. The van der Waals surface area contributed by atoms with E-state index in [-0.39, 0.29) is 11.8 Å². The average molecular weight is 311 g/mol. The first kappa shape index (κ1) is 15.6. The third-order valence-electron chi connectivity index (χ3n) is 3.04. The number of methoxy groups -OCH3 is 1. The van der Waals surface area contributed by atoms with Gasteiger partial charge in [0.1, 0.15) is 0 Å². The molecule has 1 aromatic carbocycles. The van der Waals surface area contributed by atoms with Crippen LogP contribution in [0.5, 0.6) is 11.5 Å². The van der Waals surface area contributed by atoms with Crippen molar-refractivity contribution in [1.82, 2.24) is 5.43 Å². The van der Waals surface area contributed by atoms with Crippen molar-refractivity contribution in [1.29, 1.82) is 0 Å². The number of ether oxygens (including phenoxy) is 2. The van der Waals surface area contributed by atoms with Gasteiger partial charge in [-0.3, -0.25) is 4.79 Å². The van der Waals surface area contributed by atoms with Crippen molar-refractivity contribution in [3.63, 3.8) is 0 Å². The number of nitrogens with zero attached hydrogens (tertiary/aromatic N) is 1. The number of carbonyl (C=O) groups excluding carboxylic acids is 1. The number of carbonyl (C=O) groups is 1. The highest BCUT2D eigenvalue weighted by molar-refractivity contribution is 6.32. The van der Waals surface area contributed by atoms with Crippen LogP contribution in [0.3, 0.4) is 0 Å². The number of hydrogen-bond donors (Lipinski definition) is 1. The first-order valence-corrected chi connectivity index (χ1v) is 7.36. The zero-order chi connectivity index (χ0) is 15.2. The van der Waals surface area contributed by atoms with Crippen LogP contribution < -0.4 is 14.9 Å². The number of rotatable bonds is 7. The molecule has 0 bridgehead atoms. The molecule has 1 saturated carbocycles. The molecule has 1 amide bonds. The molecule has 21 heavy (non-hydrogen) atoms. The molecule has 0 heterocycles. The van der Waals surface area contributed by atoms with Crippen molar-refractivity contribution in [3.8, 4) is 11.5 Å². The highest BCUT2D eigenvalue weighted by Gasteiger charge is 2.29. The van der Waals surface area contributed by atoms with Gasteiger partial charge in [-0.1, -0.05) is 18.5 Å². The van der Waals surface area contributed by atoms with E-state index in [9.17, 15) is 4.79 Å². The zero-order valence-corrected chi connectivity index (χ0v) is 12.9. The summed E-state index contributed by atoms with van der Waals surface area (Å²) in [5, 5.41) is 4.39.